The second-order valence-corrected chi connectivity index (χ2v) is 5.72. The van der Waals surface area contributed by atoms with Gasteiger partial charge < -0.3 is 10.2 Å². The molecule has 0 fully saturated rings. The van der Waals surface area contributed by atoms with Crippen LogP contribution in [0, 0.1) is 0 Å². The maximum atomic E-state index is 6.04. The molecular weight excluding hydrogens is 300 g/mol. The van der Waals surface area contributed by atoms with Gasteiger partial charge in [-0.25, -0.2) is 15.0 Å². The summed E-state index contributed by atoms with van der Waals surface area (Å²) in [7, 11) is 0. The lowest BCUT2D eigenvalue weighted by Gasteiger charge is -1.98. The second kappa shape index (κ2) is 5.15. The number of aromatic nitrogens is 5. The molecular formula is C14H10N6OS. The number of fused-ring (bicyclic) bond motifs is 1. The Balaban J connectivity index is 1.76. The number of rotatable bonds is 3. The first kappa shape index (κ1) is 12.8. The summed E-state index contributed by atoms with van der Waals surface area (Å²) >= 11 is 1.56. The van der Waals surface area contributed by atoms with Gasteiger partial charge in [-0.2, -0.15) is 0 Å². The molecule has 0 saturated carbocycles. The van der Waals surface area contributed by atoms with Crippen molar-refractivity contribution < 1.29 is 4.42 Å². The lowest BCUT2D eigenvalue weighted by Crippen LogP contribution is -1.95. The average Bonchev–Trinajstić information content (AvgIpc) is 3.17. The van der Waals surface area contributed by atoms with Gasteiger partial charge in [0.1, 0.15) is 10.6 Å². The Kier molecular flexibility index (Phi) is 3.01. The minimum atomic E-state index is 0.429. The van der Waals surface area contributed by atoms with Crippen LogP contribution in [-0.2, 0) is 6.42 Å². The van der Waals surface area contributed by atoms with Crippen LogP contribution in [0.4, 0.5) is 5.82 Å². The molecule has 7 nitrogen and oxygen atoms in total. The number of hydrogen-bond donors (Lipinski definition) is 1. The predicted octanol–water partition coefficient (Wildman–Crippen LogP) is 2.31. The van der Waals surface area contributed by atoms with Gasteiger partial charge in [0.25, 0.3) is 0 Å². The Morgan fingerprint density at radius 2 is 2.09 bits per heavy atom. The van der Waals surface area contributed by atoms with Crippen molar-refractivity contribution >= 4 is 27.4 Å². The maximum Gasteiger partial charge on any atom is 0.200 e. The van der Waals surface area contributed by atoms with Gasteiger partial charge in [-0.1, -0.05) is 0 Å². The van der Waals surface area contributed by atoms with Crippen LogP contribution in [0.5, 0.6) is 0 Å². The van der Waals surface area contributed by atoms with E-state index in [0.29, 0.717) is 23.8 Å². The van der Waals surface area contributed by atoms with Crippen LogP contribution in [0.2, 0.25) is 0 Å². The predicted molar refractivity (Wildman–Crippen MR) is 82.2 cm³/mol. The van der Waals surface area contributed by atoms with Gasteiger partial charge in [0, 0.05) is 29.9 Å². The number of thiophene rings is 1. The molecule has 4 aromatic heterocycles. The molecule has 0 saturated heterocycles. The summed E-state index contributed by atoms with van der Waals surface area (Å²) in [6, 6.07) is 1.99. The molecule has 4 heterocycles. The zero-order valence-electron chi connectivity index (χ0n) is 11.3. The first-order chi connectivity index (χ1) is 10.8. The van der Waals surface area contributed by atoms with E-state index < -0.39 is 0 Å². The fourth-order valence-corrected chi connectivity index (χ4v) is 3.17. The van der Waals surface area contributed by atoms with Crippen molar-refractivity contribution in [1.29, 1.82) is 0 Å². The Morgan fingerprint density at radius 1 is 1.14 bits per heavy atom. The van der Waals surface area contributed by atoms with Crippen molar-refractivity contribution in [2.45, 2.75) is 6.42 Å². The van der Waals surface area contributed by atoms with Gasteiger partial charge in [-0.3, -0.25) is 9.97 Å². The smallest absolute Gasteiger partial charge is 0.200 e. The van der Waals surface area contributed by atoms with Crippen LogP contribution >= 0.6 is 11.3 Å². The zero-order chi connectivity index (χ0) is 14.9. The summed E-state index contributed by atoms with van der Waals surface area (Å²) in [5, 5.41) is 0.840. The zero-order valence-corrected chi connectivity index (χ0v) is 12.1. The van der Waals surface area contributed by atoms with E-state index >= 15 is 0 Å². The van der Waals surface area contributed by atoms with Crippen LogP contribution in [-0.4, -0.2) is 24.9 Å². The van der Waals surface area contributed by atoms with E-state index in [9.17, 15) is 0 Å². The lowest BCUT2D eigenvalue weighted by atomic mass is 10.2. The molecule has 0 aliphatic rings. The quantitative estimate of drug-likeness (QED) is 0.619. The molecule has 0 atom stereocenters. The first-order valence-electron chi connectivity index (χ1n) is 6.49. The number of nitrogen functional groups attached to an aromatic ring is 1. The van der Waals surface area contributed by atoms with Crippen LogP contribution in [0.15, 0.2) is 41.7 Å². The van der Waals surface area contributed by atoms with Gasteiger partial charge >= 0.3 is 0 Å². The third-order valence-corrected chi connectivity index (χ3v) is 4.13. The second-order valence-electron chi connectivity index (χ2n) is 4.60. The largest absolute Gasteiger partial charge is 0.440 e. The van der Waals surface area contributed by atoms with Gasteiger partial charge in [0.15, 0.2) is 12.2 Å². The van der Waals surface area contributed by atoms with Crippen LogP contribution in [0.3, 0.4) is 0 Å². The van der Waals surface area contributed by atoms with E-state index in [1.54, 1.807) is 36.1 Å². The Hall–Kier alpha value is -2.87. The number of oxazole rings is 1. The molecule has 108 valence electrons. The van der Waals surface area contributed by atoms with Crippen molar-refractivity contribution in [3.05, 3.63) is 47.8 Å². The minimum Gasteiger partial charge on any atom is -0.440 e. The Bertz CT molecular complexity index is 919. The number of nitrogens with zero attached hydrogens (tertiary/aromatic N) is 5. The topological polar surface area (TPSA) is 104 Å². The van der Waals surface area contributed by atoms with Gasteiger partial charge in [0.2, 0.25) is 5.82 Å². The SMILES string of the molecule is Nc1nc(-c2cnco2)nc2sc(Cc3cnccn3)cc12. The van der Waals surface area contributed by atoms with Crippen molar-refractivity contribution in [2.75, 3.05) is 5.73 Å². The molecule has 22 heavy (non-hydrogen) atoms. The molecule has 4 rings (SSSR count). The van der Waals surface area contributed by atoms with E-state index in [0.717, 1.165) is 20.8 Å². The number of anilines is 1. The molecule has 0 aliphatic heterocycles. The lowest BCUT2D eigenvalue weighted by molar-refractivity contribution is 0.568. The molecule has 4 aromatic rings. The molecule has 0 unspecified atom stereocenters. The minimum absolute atomic E-state index is 0.429. The van der Waals surface area contributed by atoms with E-state index in [4.69, 9.17) is 10.2 Å². The van der Waals surface area contributed by atoms with Crippen LogP contribution in [0.1, 0.15) is 10.6 Å². The van der Waals surface area contributed by atoms with Crippen molar-refractivity contribution in [3.8, 4) is 11.6 Å². The van der Waals surface area contributed by atoms with E-state index in [1.165, 1.54) is 6.39 Å². The summed E-state index contributed by atoms with van der Waals surface area (Å²) in [5.41, 5.74) is 6.93. The summed E-state index contributed by atoms with van der Waals surface area (Å²) in [4.78, 5) is 22.9. The standard InChI is InChI=1S/C14H10N6OS/c15-12-10-4-9(3-8-5-16-1-2-18-8)22-14(10)20-13(19-12)11-6-17-7-21-11/h1-2,4-7H,3H2,(H2,15,19,20). The molecule has 0 bridgehead atoms. The van der Waals surface area contributed by atoms with Crippen LogP contribution < -0.4 is 5.73 Å². The van der Waals surface area contributed by atoms with Gasteiger partial charge in [-0.05, 0) is 6.07 Å². The van der Waals surface area contributed by atoms with E-state index in [-0.39, 0.29) is 0 Å². The molecule has 0 amide bonds. The monoisotopic (exact) mass is 310 g/mol. The molecule has 0 radical (unpaired) electrons. The fourth-order valence-electron chi connectivity index (χ4n) is 2.12. The van der Waals surface area contributed by atoms with Crippen molar-refractivity contribution in [1.82, 2.24) is 24.9 Å². The van der Waals surface area contributed by atoms with Crippen LogP contribution in [0.25, 0.3) is 21.8 Å². The highest BCUT2D eigenvalue weighted by Crippen LogP contribution is 2.30. The van der Waals surface area contributed by atoms with Gasteiger partial charge in [-0.15, -0.1) is 11.3 Å². The third-order valence-electron chi connectivity index (χ3n) is 3.10. The third kappa shape index (κ3) is 2.29. The van der Waals surface area contributed by atoms with E-state index in [1.807, 2.05) is 6.07 Å². The Labute approximate surface area is 128 Å². The summed E-state index contributed by atoms with van der Waals surface area (Å²) in [5.74, 6) is 1.37. The van der Waals surface area contributed by atoms with Gasteiger partial charge in [0.05, 0.1) is 17.3 Å². The average molecular weight is 310 g/mol. The fraction of sp³-hybridized carbons (Fsp3) is 0.0714. The highest BCUT2D eigenvalue weighted by molar-refractivity contribution is 7.18. The number of hydrogen-bond acceptors (Lipinski definition) is 8. The molecule has 0 aliphatic carbocycles. The highest BCUT2D eigenvalue weighted by Gasteiger charge is 2.13. The van der Waals surface area contributed by atoms with Crippen molar-refractivity contribution in [3.63, 3.8) is 0 Å². The molecule has 0 aromatic carbocycles. The normalized spacial score (nSPS) is 11.1. The molecule has 8 heteroatoms. The molecule has 2 N–H and O–H groups in total. The number of nitrogens with two attached hydrogens (primary N) is 1. The summed E-state index contributed by atoms with van der Waals surface area (Å²) in [6.07, 6.45) is 8.67. The highest BCUT2D eigenvalue weighted by atomic mass is 32.1. The summed E-state index contributed by atoms with van der Waals surface area (Å²) < 4.78 is 5.22. The van der Waals surface area contributed by atoms with E-state index in [2.05, 4.69) is 24.9 Å². The van der Waals surface area contributed by atoms with Crippen molar-refractivity contribution in [2.24, 2.45) is 0 Å². The molecule has 0 spiro atoms. The summed E-state index contributed by atoms with van der Waals surface area (Å²) in [6.45, 7) is 0. The first-order valence-corrected chi connectivity index (χ1v) is 7.31. The Morgan fingerprint density at radius 3 is 2.86 bits per heavy atom. The maximum absolute atomic E-state index is 6.04.